The van der Waals surface area contributed by atoms with E-state index >= 15 is 0 Å². The molecule has 0 fully saturated rings. The molecule has 0 saturated carbocycles. The first kappa shape index (κ1) is 16.4. The zero-order chi connectivity index (χ0) is 13.3. The second-order valence-electron chi connectivity index (χ2n) is 4.49. The van der Waals surface area contributed by atoms with Crippen LogP contribution in [0.15, 0.2) is 0 Å². The molecule has 0 rings (SSSR count). The fraction of sp³-hybridized carbons (Fsp3) is 0.917. The Balaban J connectivity index is 3.82. The lowest BCUT2D eigenvalue weighted by Gasteiger charge is -2.25. The Hall–Kier alpha value is -0.650. The molecule has 0 radical (unpaired) electrons. The molecule has 0 aromatic rings. The van der Waals surface area contributed by atoms with E-state index in [2.05, 4.69) is 11.8 Å². The number of amides is 1. The summed E-state index contributed by atoms with van der Waals surface area (Å²) in [6.45, 7) is 4.91. The van der Waals surface area contributed by atoms with Crippen LogP contribution in [0.5, 0.6) is 0 Å². The summed E-state index contributed by atoms with van der Waals surface area (Å²) in [5.74, 6) is 0.176. The van der Waals surface area contributed by atoms with E-state index in [4.69, 9.17) is 10.5 Å². The fourth-order valence-corrected chi connectivity index (χ4v) is 1.50. The molecule has 1 unspecified atom stereocenters. The lowest BCUT2D eigenvalue weighted by Crippen LogP contribution is -2.37. The summed E-state index contributed by atoms with van der Waals surface area (Å²) in [6, 6.07) is 0.335. The van der Waals surface area contributed by atoms with Crippen LogP contribution < -0.4 is 5.73 Å². The van der Waals surface area contributed by atoms with Crippen molar-refractivity contribution in [2.24, 2.45) is 5.73 Å². The molecular formula is C12H27N3O2. The van der Waals surface area contributed by atoms with Gasteiger partial charge >= 0.3 is 0 Å². The van der Waals surface area contributed by atoms with Gasteiger partial charge in [-0.15, -0.1) is 0 Å². The molecule has 0 aromatic heterocycles. The molecular weight excluding hydrogens is 218 g/mol. The predicted molar refractivity (Wildman–Crippen MR) is 69.9 cm³/mol. The zero-order valence-corrected chi connectivity index (χ0v) is 11.6. The summed E-state index contributed by atoms with van der Waals surface area (Å²) in [4.78, 5) is 15.6. The normalized spacial score (nSPS) is 12.8. The highest BCUT2D eigenvalue weighted by atomic mass is 16.5. The van der Waals surface area contributed by atoms with Gasteiger partial charge in [0.2, 0.25) is 5.91 Å². The van der Waals surface area contributed by atoms with Crippen LogP contribution >= 0.6 is 0 Å². The third-order valence-corrected chi connectivity index (χ3v) is 2.96. The fourth-order valence-electron chi connectivity index (χ4n) is 1.50. The van der Waals surface area contributed by atoms with Crippen molar-refractivity contribution in [1.82, 2.24) is 9.80 Å². The molecule has 1 amide bonds. The summed E-state index contributed by atoms with van der Waals surface area (Å²) in [6.07, 6.45) is 1.41. The van der Waals surface area contributed by atoms with Crippen LogP contribution in [0.1, 0.15) is 19.8 Å². The van der Waals surface area contributed by atoms with Crippen molar-refractivity contribution in [3.05, 3.63) is 0 Å². The van der Waals surface area contributed by atoms with E-state index < -0.39 is 0 Å². The number of ether oxygens (including phenoxy) is 1. The molecule has 0 heterocycles. The molecule has 17 heavy (non-hydrogen) atoms. The summed E-state index contributed by atoms with van der Waals surface area (Å²) >= 11 is 0. The number of nitrogens with zero attached hydrogens (tertiary/aromatic N) is 2. The molecule has 5 nitrogen and oxygen atoms in total. The van der Waals surface area contributed by atoms with Gasteiger partial charge in [0, 0.05) is 39.7 Å². The quantitative estimate of drug-likeness (QED) is 0.628. The van der Waals surface area contributed by atoms with Crippen LogP contribution in [0, 0.1) is 0 Å². The monoisotopic (exact) mass is 245 g/mol. The van der Waals surface area contributed by atoms with Gasteiger partial charge in [-0.1, -0.05) is 0 Å². The molecule has 0 spiro atoms. The van der Waals surface area contributed by atoms with Gasteiger partial charge in [0.05, 0.1) is 6.61 Å². The van der Waals surface area contributed by atoms with Crippen molar-refractivity contribution in [3.63, 3.8) is 0 Å². The SMILES string of the molecule is COCC(C)N(C)CCC(=O)N(C)CCCN. The molecule has 0 aliphatic carbocycles. The number of hydrogen-bond acceptors (Lipinski definition) is 4. The van der Waals surface area contributed by atoms with Crippen LogP contribution in [0.3, 0.4) is 0 Å². The molecule has 0 aromatic carbocycles. The lowest BCUT2D eigenvalue weighted by atomic mass is 10.2. The minimum absolute atomic E-state index is 0.176. The summed E-state index contributed by atoms with van der Waals surface area (Å²) < 4.78 is 5.08. The topological polar surface area (TPSA) is 58.8 Å². The van der Waals surface area contributed by atoms with E-state index in [1.165, 1.54) is 0 Å². The lowest BCUT2D eigenvalue weighted by molar-refractivity contribution is -0.130. The van der Waals surface area contributed by atoms with Gasteiger partial charge < -0.3 is 20.3 Å². The Morgan fingerprint density at radius 2 is 2.00 bits per heavy atom. The molecule has 1 atom stereocenters. The number of likely N-dealkylation sites (N-methyl/N-ethyl adjacent to an activating group) is 1. The van der Waals surface area contributed by atoms with E-state index in [1.807, 2.05) is 14.1 Å². The maximum Gasteiger partial charge on any atom is 0.223 e. The number of carbonyl (C=O) groups is 1. The molecule has 0 saturated heterocycles. The zero-order valence-electron chi connectivity index (χ0n) is 11.6. The third-order valence-electron chi connectivity index (χ3n) is 2.96. The smallest absolute Gasteiger partial charge is 0.223 e. The van der Waals surface area contributed by atoms with Gasteiger partial charge in [-0.2, -0.15) is 0 Å². The van der Waals surface area contributed by atoms with Gasteiger partial charge in [-0.05, 0) is 26.9 Å². The Morgan fingerprint density at radius 3 is 2.53 bits per heavy atom. The first-order valence-corrected chi connectivity index (χ1v) is 6.16. The third kappa shape index (κ3) is 7.31. The van der Waals surface area contributed by atoms with Crippen molar-refractivity contribution in [1.29, 1.82) is 0 Å². The molecule has 5 heteroatoms. The number of methoxy groups -OCH3 is 1. The highest BCUT2D eigenvalue weighted by Gasteiger charge is 2.12. The van der Waals surface area contributed by atoms with Crippen LogP contribution in [-0.2, 0) is 9.53 Å². The summed E-state index contributed by atoms with van der Waals surface area (Å²) in [7, 11) is 5.53. The van der Waals surface area contributed by atoms with E-state index in [9.17, 15) is 4.79 Å². The van der Waals surface area contributed by atoms with Crippen LogP contribution in [0.2, 0.25) is 0 Å². The van der Waals surface area contributed by atoms with Crippen molar-refractivity contribution in [3.8, 4) is 0 Å². The van der Waals surface area contributed by atoms with Crippen molar-refractivity contribution in [2.45, 2.75) is 25.8 Å². The Labute approximate surface area is 105 Å². The van der Waals surface area contributed by atoms with Crippen LogP contribution in [0.4, 0.5) is 0 Å². The average molecular weight is 245 g/mol. The standard InChI is InChI=1S/C12H27N3O2/c1-11(10-17-4)14(2)9-6-12(16)15(3)8-5-7-13/h11H,5-10,13H2,1-4H3. The maximum absolute atomic E-state index is 11.8. The van der Waals surface area contributed by atoms with E-state index in [0.717, 1.165) is 19.5 Å². The average Bonchev–Trinajstić information content (AvgIpc) is 2.32. The molecule has 0 aliphatic rings. The van der Waals surface area contributed by atoms with E-state index in [-0.39, 0.29) is 5.91 Å². The van der Waals surface area contributed by atoms with Crippen molar-refractivity contribution >= 4 is 5.91 Å². The van der Waals surface area contributed by atoms with Gasteiger partial charge in [-0.25, -0.2) is 0 Å². The minimum atomic E-state index is 0.176. The summed E-state index contributed by atoms with van der Waals surface area (Å²) in [5.41, 5.74) is 5.41. The Bertz CT molecular complexity index is 212. The first-order valence-electron chi connectivity index (χ1n) is 6.16. The first-order chi connectivity index (χ1) is 8.02. The van der Waals surface area contributed by atoms with Crippen LogP contribution in [-0.4, -0.2) is 69.2 Å². The minimum Gasteiger partial charge on any atom is -0.383 e. The second kappa shape index (κ2) is 9.39. The summed E-state index contributed by atoms with van der Waals surface area (Å²) in [5, 5.41) is 0. The van der Waals surface area contributed by atoms with Crippen molar-refractivity contribution in [2.75, 3.05) is 47.4 Å². The highest BCUT2D eigenvalue weighted by molar-refractivity contribution is 5.76. The van der Waals surface area contributed by atoms with Gasteiger partial charge in [0.25, 0.3) is 0 Å². The Morgan fingerprint density at radius 1 is 1.35 bits per heavy atom. The van der Waals surface area contributed by atoms with E-state index in [1.54, 1.807) is 12.0 Å². The number of nitrogens with two attached hydrogens (primary N) is 1. The molecule has 102 valence electrons. The highest BCUT2D eigenvalue weighted by Crippen LogP contribution is 2.00. The molecule has 0 bridgehead atoms. The molecule has 0 aliphatic heterocycles. The van der Waals surface area contributed by atoms with Crippen molar-refractivity contribution < 1.29 is 9.53 Å². The number of rotatable bonds is 9. The largest absolute Gasteiger partial charge is 0.383 e. The second-order valence-corrected chi connectivity index (χ2v) is 4.49. The van der Waals surface area contributed by atoms with E-state index in [0.29, 0.717) is 25.6 Å². The number of hydrogen-bond donors (Lipinski definition) is 1. The van der Waals surface area contributed by atoms with Gasteiger partial charge in [0.15, 0.2) is 0 Å². The molecule has 2 N–H and O–H groups in total. The van der Waals surface area contributed by atoms with Crippen LogP contribution in [0.25, 0.3) is 0 Å². The number of carbonyl (C=O) groups excluding carboxylic acids is 1. The van der Waals surface area contributed by atoms with Gasteiger partial charge in [-0.3, -0.25) is 4.79 Å². The maximum atomic E-state index is 11.8. The van der Waals surface area contributed by atoms with Gasteiger partial charge in [0.1, 0.15) is 0 Å². The predicted octanol–water partition coefficient (Wildman–Crippen LogP) is 0.150. The Kier molecular flexibility index (Phi) is 9.03.